The fourth-order valence-electron chi connectivity index (χ4n) is 2.30. The number of aromatic nitrogens is 1. The zero-order valence-corrected chi connectivity index (χ0v) is 10.7. The summed E-state index contributed by atoms with van der Waals surface area (Å²) in [6.45, 7) is -0.253. The Hall–Kier alpha value is -1.18. The summed E-state index contributed by atoms with van der Waals surface area (Å²) in [7, 11) is -3.90. The Morgan fingerprint density at radius 3 is 2.61 bits per heavy atom. The maximum Gasteiger partial charge on any atom is 0.246 e. The van der Waals surface area contributed by atoms with Gasteiger partial charge in [-0.25, -0.2) is 13.1 Å². The second-order valence-electron chi connectivity index (χ2n) is 4.62. The first-order valence-corrected chi connectivity index (χ1v) is 7.29. The van der Waals surface area contributed by atoms with Crippen molar-refractivity contribution < 1.29 is 13.5 Å². The lowest BCUT2D eigenvalue weighted by Gasteiger charge is -2.27. The third-order valence-electron chi connectivity index (χ3n) is 3.29. The molecule has 1 fully saturated rings. The minimum absolute atomic E-state index is 0.253. The van der Waals surface area contributed by atoms with Crippen LogP contribution in [0, 0.1) is 0 Å². The van der Waals surface area contributed by atoms with Crippen molar-refractivity contribution in [2.24, 2.45) is 0 Å². The van der Waals surface area contributed by atoms with E-state index in [0.29, 0.717) is 12.8 Å². The summed E-state index contributed by atoms with van der Waals surface area (Å²) >= 11 is 0. The Labute approximate surface area is 105 Å². The van der Waals surface area contributed by atoms with E-state index in [2.05, 4.69) is 9.71 Å². The van der Waals surface area contributed by atoms with Crippen LogP contribution in [0.1, 0.15) is 25.7 Å². The summed E-state index contributed by atoms with van der Waals surface area (Å²) in [6, 6.07) is 1.16. The van der Waals surface area contributed by atoms with Gasteiger partial charge in [0.05, 0.1) is 12.1 Å². The van der Waals surface area contributed by atoms with E-state index >= 15 is 0 Å². The van der Waals surface area contributed by atoms with Gasteiger partial charge in [0, 0.05) is 18.5 Å². The van der Waals surface area contributed by atoms with E-state index in [1.165, 1.54) is 6.20 Å². The van der Waals surface area contributed by atoms with Crippen molar-refractivity contribution >= 4 is 10.0 Å². The second kappa shape index (κ2) is 4.83. The summed E-state index contributed by atoms with van der Waals surface area (Å²) < 4.78 is 26.7. The molecule has 0 aromatic carbocycles. The predicted molar refractivity (Wildman–Crippen MR) is 65.7 cm³/mol. The van der Waals surface area contributed by atoms with Gasteiger partial charge in [-0.05, 0) is 12.8 Å². The van der Waals surface area contributed by atoms with Crippen molar-refractivity contribution in [1.29, 1.82) is 0 Å². The number of hydrogen-bond acceptors (Lipinski definition) is 4. The normalized spacial score (nSPS) is 18.9. The highest BCUT2D eigenvalue weighted by Crippen LogP contribution is 2.30. The first kappa shape index (κ1) is 13.3. The monoisotopic (exact) mass is 272 g/mol. The number of aliphatic hydroxyl groups excluding tert-OH is 1. The van der Waals surface area contributed by atoms with Crippen molar-refractivity contribution in [1.82, 2.24) is 9.71 Å². The first-order chi connectivity index (χ1) is 8.49. The van der Waals surface area contributed by atoms with Crippen LogP contribution in [0.25, 0.3) is 0 Å². The highest BCUT2D eigenvalue weighted by Gasteiger charge is 2.38. The molecule has 1 aliphatic rings. The van der Waals surface area contributed by atoms with Gasteiger partial charge in [0.1, 0.15) is 4.90 Å². The van der Waals surface area contributed by atoms with Gasteiger partial charge in [0.2, 0.25) is 15.5 Å². The van der Waals surface area contributed by atoms with Crippen molar-refractivity contribution in [3.05, 3.63) is 28.7 Å². The Bertz CT molecular complexity index is 573. The molecule has 7 heteroatoms. The average molecular weight is 272 g/mol. The van der Waals surface area contributed by atoms with Crippen molar-refractivity contribution in [2.45, 2.75) is 36.1 Å². The Kier molecular flexibility index (Phi) is 3.56. The van der Waals surface area contributed by atoms with Gasteiger partial charge >= 0.3 is 0 Å². The molecule has 2 rings (SSSR count). The van der Waals surface area contributed by atoms with Crippen LogP contribution in [-0.4, -0.2) is 30.7 Å². The molecule has 0 atom stereocenters. The van der Waals surface area contributed by atoms with Crippen LogP contribution in [0.15, 0.2) is 28.2 Å². The molecule has 1 heterocycles. The Balaban J connectivity index is 2.33. The number of nitrogens with one attached hydrogen (secondary N) is 2. The number of rotatable bonds is 4. The van der Waals surface area contributed by atoms with Gasteiger partial charge in [0.25, 0.3) is 0 Å². The maximum absolute atomic E-state index is 12.1. The molecule has 3 N–H and O–H groups in total. The van der Waals surface area contributed by atoms with E-state index in [4.69, 9.17) is 0 Å². The van der Waals surface area contributed by atoms with Gasteiger partial charge in [0.15, 0.2) is 0 Å². The lowest BCUT2D eigenvalue weighted by molar-refractivity contribution is 0.185. The van der Waals surface area contributed by atoms with Crippen LogP contribution < -0.4 is 10.2 Å². The average Bonchev–Trinajstić information content (AvgIpc) is 2.78. The van der Waals surface area contributed by atoms with E-state index in [1.54, 1.807) is 0 Å². The van der Waals surface area contributed by atoms with Crippen LogP contribution in [0.4, 0.5) is 0 Å². The third-order valence-corrected chi connectivity index (χ3v) is 4.89. The minimum Gasteiger partial charge on any atom is -0.394 e. The van der Waals surface area contributed by atoms with Crippen LogP contribution in [0.5, 0.6) is 0 Å². The van der Waals surface area contributed by atoms with Gasteiger partial charge < -0.3 is 10.1 Å². The summed E-state index contributed by atoms with van der Waals surface area (Å²) in [5.41, 5.74) is -1.38. The van der Waals surface area contributed by atoms with Crippen LogP contribution >= 0.6 is 0 Å². The smallest absolute Gasteiger partial charge is 0.246 e. The lowest BCUT2D eigenvalue weighted by Crippen LogP contribution is -2.49. The molecule has 0 radical (unpaired) electrons. The highest BCUT2D eigenvalue weighted by molar-refractivity contribution is 7.89. The van der Waals surface area contributed by atoms with Crippen LogP contribution in [-0.2, 0) is 10.0 Å². The molecule has 0 amide bonds. The zero-order chi connectivity index (χ0) is 13.2. The maximum atomic E-state index is 12.1. The standard InChI is InChI=1S/C11H16N2O4S/c14-8-11(4-1-2-5-11)13-18(16,17)10-7-12-6-3-9(10)15/h3,6-7,13-14H,1-2,4-5,8H2,(H,12,15). The molecule has 1 aromatic rings. The molecule has 100 valence electrons. The van der Waals surface area contributed by atoms with Gasteiger partial charge in [-0.2, -0.15) is 0 Å². The van der Waals surface area contributed by atoms with Crippen molar-refractivity contribution in [3.8, 4) is 0 Å². The lowest BCUT2D eigenvalue weighted by atomic mass is 10.0. The van der Waals surface area contributed by atoms with Crippen molar-refractivity contribution in [3.63, 3.8) is 0 Å². The molecule has 1 saturated carbocycles. The molecule has 0 spiro atoms. The van der Waals surface area contributed by atoms with Gasteiger partial charge in [-0.1, -0.05) is 12.8 Å². The number of hydrogen-bond donors (Lipinski definition) is 3. The fraction of sp³-hybridized carbons (Fsp3) is 0.545. The van der Waals surface area contributed by atoms with Crippen LogP contribution in [0.2, 0.25) is 0 Å². The van der Waals surface area contributed by atoms with E-state index in [-0.39, 0.29) is 11.5 Å². The molecule has 0 bridgehead atoms. The zero-order valence-electron chi connectivity index (χ0n) is 9.85. The highest BCUT2D eigenvalue weighted by atomic mass is 32.2. The fourth-order valence-corrected chi connectivity index (χ4v) is 3.80. The molecule has 1 aromatic heterocycles. The first-order valence-electron chi connectivity index (χ1n) is 5.81. The molecule has 0 saturated heterocycles. The van der Waals surface area contributed by atoms with Crippen molar-refractivity contribution in [2.75, 3.05) is 6.61 Å². The summed E-state index contributed by atoms with van der Waals surface area (Å²) in [6.07, 6.45) is 5.45. The van der Waals surface area contributed by atoms with E-state index in [0.717, 1.165) is 25.1 Å². The number of sulfonamides is 1. The number of aliphatic hydroxyl groups is 1. The molecular weight excluding hydrogens is 256 g/mol. The van der Waals surface area contributed by atoms with Gasteiger partial charge in [-0.3, -0.25) is 4.79 Å². The molecule has 6 nitrogen and oxygen atoms in total. The third kappa shape index (κ3) is 2.47. The second-order valence-corrected chi connectivity index (χ2v) is 6.27. The Morgan fingerprint density at radius 2 is 2.06 bits per heavy atom. The van der Waals surface area contributed by atoms with E-state index < -0.39 is 21.0 Å². The minimum atomic E-state index is -3.90. The number of pyridine rings is 1. The van der Waals surface area contributed by atoms with E-state index in [1.807, 2.05) is 0 Å². The predicted octanol–water partition coefficient (Wildman–Crippen LogP) is -0.0417. The SMILES string of the molecule is O=c1cc[nH]cc1S(=O)(=O)NC1(CO)CCCC1. The molecule has 0 unspecified atom stereocenters. The summed E-state index contributed by atoms with van der Waals surface area (Å²) in [4.78, 5) is 13.8. The molecule has 0 aliphatic heterocycles. The number of aromatic amines is 1. The van der Waals surface area contributed by atoms with Gasteiger partial charge in [-0.15, -0.1) is 0 Å². The molecule has 1 aliphatic carbocycles. The number of H-pyrrole nitrogens is 1. The molecular formula is C11H16N2O4S. The molecule has 18 heavy (non-hydrogen) atoms. The largest absolute Gasteiger partial charge is 0.394 e. The Morgan fingerprint density at radius 1 is 1.39 bits per heavy atom. The topological polar surface area (TPSA) is 99.3 Å². The summed E-state index contributed by atoms with van der Waals surface area (Å²) in [5, 5.41) is 9.38. The van der Waals surface area contributed by atoms with Crippen LogP contribution in [0.3, 0.4) is 0 Å². The summed E-state index contributed by atoms with van der Waals surface area (Å²) in [5.74, 6) is 0. The van der Waals surface area contributed by atoms with E-state index in [9.17, 15) is 18.3 Å². The quantitative estimate of drug-likeness (QED) is 0.716.